The number of hydrogen-bond donors (Lipinski definition) is 0. The molecule has 0 aliphatic heterocycles. The second-order valence-corrected chi connectivity index (χ2v) is 19.5. The van der Waals surface area contributed by atoms with Crippen LogP contribution < -0.4 is 3.71 Å². The molecule has 0 spiro atoms. The van der Waals surface area contributed by atoms with Gasteiger partial charge in [0.15, 0.2) is 0 Å². The van der Waals surface area contributed by atoms with Crippen LogP contribution in [0.2, 0.25) is 13.3 Å². The molecule has 0 radical (unpaired) electrons. The molecule has 0 atom stereocenters. The molecule has 1 aromatic rings. The van der Waals surface area contributed by atoms with Crippen molar-refractivity contribution in [3.8, 4) is 0 Å². The fraction of sp³-hybridized carbons (Fsp3) is 0.750. The molecule has 0 N–H and O–H groups in total. The van der Waals surface area contributed by atoms with Crippen molar-refractivity contribution in [2.24, 2.45) is 0 Å². The fourth-order valence-corrected chi connectivity index (χ4v) is 18.7. The summed E-state index contributed by atoms with van der Waals surface area (Å²) >= 11 is -0.619. The van der Waals surface area contributed by atoms with Crippen LogP contribution in [0.25, 0.3) is 0 Å². The minimum atomic E-state index is -2.29. The molecule has 0 saturated carbocycles. The third kappa shape index (κ3) is 5.21. The van der Waals surface area contributed by atoms with Gasteiger partial charge in [0, 0.05) is 0 Å². The normalized spacial score (nSPS) is 11.8. The molecule has 1 aromatic heterocycles. The van der Waals surface area contributed by atoms with Crippen LogP contribution in [0.4, 0.5) is 0 Å². The van der Waals surface area contributed by atoms with E-state index in [1.54, 1.807) is 11.8 Å². The van der Waals surface area contributed by atoms with E-state index in [9.17, 15) is 0 Å². The van der Waals surface area contributed by atoms with E-state index in [1.165, 1.54) is 49.1 Å². The standard InChI is InChI=1S/C5H5N2S.2C4H9.C3H7.Sn/c1-8-5-6-3-2-4-7-5;2*1-3-4-2;1-3-2;/h2-3H,1H3;2*1,3-4H2,2H3;1,3H2,2H3;. The van der Waals surface area contributed by atoms with Gasteiger partial charge in [-0.25, -0.2) is 0 Å². The van der Waals surface area contributed by atoms with Crippen molar-refractivity contribution in [1.29, 1.82) is 0 Å². The predicted molar refractivity (Wildman–Crippen MR) is 93.7 cm³/mol. The Bertz CT molecular complexity index is 376. The van der Waals surface area contributed by atoms with Gasteiger partial charge in [-0.2, -0.15) is 0 Å². The topological polar surface area (TPSA) is 25.8 Å². The van der Waals surface area contributed by atoms with Gasteiger partial charge in [-0.15, -0.1) is 0 Å². The Morgan fingerprint density at radius 1 is 1.00 bits per heavy atom. The first-order valence-electron chi connectivity index (χ1n) is 8.10. The molecular formula is C16H30N2SSn. The zero-order valence-corrected chi connectivity index (χ0v) is 17.3. The monoisotopic (exact) mass is 402 g/mol. The average Bonchev–Trinajstić information content (AvgIpc) is 2.50. The van der Waals surface area contributed by atoms with E-state index in [4.69, 9.17) is 4.98 Å². The third-order valence-corrected chi connectivity index (χ3v) is 20.2. The second kappa shape index (κ2) is 10.0. The summed E-state index contributed by atoms with van der Waals surface area (Å²) in [4.78, 5) is 9.31. The van der Waals surface area contributed by atoms with Crippen LogP contribution in [-0.4, -0.2) is 34.6 Å². The number of unbranched alkanes of at least 4 members (excludes halogenated alkanes) is 2. The van der Waals surface area contributed by atoms with Crippen LogP contribution in [0.3, 0.4) is 0 Å². The summed E-state index contributed by atoms with van der Waals surface area (Å²) < 4.78 is 5.90. The van der Waals surface area contributed by atoms with Crippen LogP contribution in [0.15, 0.2) is 17.4 Å². The molecule has 2 nitrogen and oxygen atoms in total. The first-order valence-corrected chi connectivity index (χ1v) is 16.8. The van der Waals surface area contributed by atoms with Gasteiger partial charge in [0.2, 0.25) is 0 Å². The van der Waals surface area contributed by atoms with Crippen molar-refractivity contribution >= 4 is 33.8 Å². The second-order valence-electron chi connectivity index (χ2n) is 5.67. The molecule has 0 saturated heterocycles. The minimum absolute atomic E-state index is 0.965. The predicted octanol–water partition coefficient (Wildman–Crippen LogP) is 4.86. The van der Waals surface area contributed by atoms with Crippen molar-refractivity contribution in [2.75, 3.05) is 6.26 Å². The summed E-state index contributed by atoms with van der Waals surface area (Å²) in [7, 11) is 0. The van der Waals surface area contributed by atoms with E-state index in [1.807, 2.05) is 6.20 Å². The number of hydrogen-bond acceptors (Lipinski definition) is 3. The Morgan fingerprint density at radius 3 is 2.15 bits per heavy atom. The van der Waals surface area contributed by atoms with Crippen molar-refractivity contribution < 1.29 is 0 Å². The molecule has 0 amide bonds. The zero-order valence-electron chi connectivity index (χ0n) is 13.6. The quantitative estimate of drug-likeness (QED) is 0.318. The van der Waals surface area contributed by atoms with Crippen LogP contribution in [0.5, 0.6) is 0 Å². The average molecular weight is 401 g/mol. The molecule has 20 heavy (non-hydrogen) atoms. The van der Waals surface area contributed by atoms with E-state index in [0.717, 1.165) is 5.16 Å². The van der Waals surface area contributed by atoms with Gasteiger partial charge in [-0.1, -0.05) is 0 Å². The summed E-state index contributed by atoms with van der Waals surface area (Å²) in [5, 5.41) is 0.965. The van der Waals surface area contributed by atoms with E-state index in [-0.39, 0.29) is 0 Å². The summed E-state index contributed by atoms with van der Waals surface area (Å²) in [6.45, 7) is 6.98. The maximum absolute atomic E-state index is 4.93. The van der Waals surface area contributed by atoms with E-state index < -0.39 is 18.4 Å². The van der Waals surface area contributed by atoms with Gasteiger partial charge in [0.1, 0.15) is 0 Å². The van der Waals surface area contributed by atoms with Crippen LogP contribution in [0, 0.1) is 0 Å². The van der Waals surface area contributed by atoms with Crippen LogP contribution in [-0.2, 0) is 0 Å². The first-order chi connectivity index (χ1) is 9.72. The Kier molecular flexibility index (Phi) is 9.17. The molecule has 0 aliphatic carbocycles. The van der Waals surface area contributed by atoms with Gasteiger partial charge < -0.3 is 0 Å². The Balaban J connectivity index is 3.08. The Morgan fingerprint density at radius 2 is 1.65 bits per heavy atom. The fourth-order valence-electron chi connectivity index (χ4n) is 3.00. The zero-order chi connectivity index (χ0) is 14.8. The summed E-state index contributed by atoms with van der Waals surface area (Å²) in [6.07, 6.45) is 10.8. The summed E-state index contributed by atoms with van der Waals surface area (Å²) in [5.41, 5.74) is 0. The summed E-state index contributed by atoms with van der Waals surface area (Å²) in [6, 6.07) is 2.25. The number of rotatable bonds is 10. The van der Waals surface area contributed by atoms with Gasteiger partial charge >= 0.3 is 134 Å². The number of thioether (sulfide) groups is 1. The Hall–Kier alpha value is 0.229. The van der Waals surface area contributed by atoms with Gasteiger partial charge in [0.05, 0.1) is 0 Å². The van der Waals surface area contributed by atoms with E-state index >= 15 is 0 Å². The SMILES string of the molecule is CCC[CH2][Sn]([CH2]CC)([CH2]CCC)[c]1ccnc(SC)n1. The van der Waals surface area contributed by atoms with Crippen molar-refractivity contribution in [1.82, 2.24) is 9.97 Å². The van der Waals surface area contributed by atoms with Gasteiger partial charge in [0.25, 0.3) is 0 Å². The molecule has 0 aliphatic rings. The number of aromatic nitrogens is 2. The van der Waals surface area contributed by atoms with Crippen LogP contribution in [0.1, 0.15) is 52.9 Å². The molecule has 0 fully saturated rings. The van der Waals surface area contributed by atoms with Crippen molar-refractivity contribution in [2.45, 2.75) is 71.3 Å². The molecule has 1 rings (SSSR count). The third-order valence-electron chi connectivity index (χ3n) is 4.11. The molecule has 0 bridgehead atoms. The first kappa shape index (κ1) is 18.3. The Labute approximate surface area is 133 Å². The summed E-state index contributed by atoms with van der Waals surface area (Å²) in [5.74, 6) is 0. The van der Waals surface area contributed by atoms with Gasteiger partial charge in [-0.3, -0.25) is 0 Å². The van der Waals surface area contributed by atoms with E-state index in [0.29, 0.717) is 0 Å². The maximum atomic E-state index is 4.93. The molecule has 0 unspecified atom stereocenters. The van der Waals surface area contributed by atoms with Crippen LogP contribution >= 0.6 is 11.8 Å². The number of nitrogens with zero attached hydrogens (tertiary/aromatic N) is 2. The van der Waals surface area contributed by atoms with Crippen molar-refractivity contribution in [3.05, 3.63) is 12.3 Å². The molecule has 1 heterocycles. The molecular weight excluding hydrogens is 371 g/mol. The van der Waals surface area contributed by atoms with E-state index in [2.05, 4.69) is 38.1 Å². The molecule has 0 aromatic carbocycles. The molecule has 4 heteroatoms. The molecule has 114 valence electrons. The van der Waals surface area contributed by atoms with Crippen molar-refractivity contribution in [3.63, 3.8) is 0 Å². The van der Waals surface area contributed by atoms with Gasteiger partial charge in [-0.05, 0) is 0 Å².